The van der Waals surface area contributed by atoms with Crippen molar-refractivity contribution in [2.75, 3.05) is 10.4 Å². The third-order valence-corrected chi connectivity index (χ3v) is 4.84. The summed E-state index contributed by atoms with van der Waals surface area (Å²) in [5.41, 5.74) is 2.63. The number of anilines is 3. The van der Waals surface area contributed by atoms with E-state index in [9.17, 15) is 4.57 Å². The number of nitrogens with one attached hydrogen (secondary N) is 2. The molecule has 0 bridgehead atoms. The number of rotatable bonds is 8. The molecule has 24 heavy (non-hydrogen) atoms. The van der Waals surface area contributed by atoms with Crippen LogP contribution >= 0.6 is 7.75 Å². The number of hydrogen-bond donors (Lipinski definition) is 2. The molecule has 0 amide bonds. The van der Waals surface area contributed by atoms with E-state index in [1.54, 1.807) is 0 Å². The maximum absolute atomic E-state index is 12.8. The molecule has 130 valence electrons. The smallest absolute Gasteiger partial charge is 0.356 e. The highest BCUT2D eigenvalue weighted by Gasteiger charge is 2.27. The van der Waals surface area contributed by atoms with Gasteiger partial charge in [-0.3, -0.25) is 14.1 Å². The lowest BCUT2D eigenvalue weighted by Crippen LogP contribution is -2.13. The summed E-state index contributed by atoms with van der Waals surface area (Å²) < 4.78 is 23.8. The van der Waals surface area contributed by atoms with Gasteiger partial charge in [-0.25, -0.2) is 4.57 Å². The van der Waals surface area contributed by atoms with Crippen LogP contribution < -0.4 is 10.4 Å². The van der Waals surface area contributed by atoms with Gasteiger partial charge in [0.2, 0.25) is 0 Å². The van der Waals surface area contributed by atoms with E-state index in [-0.39, 0.29) is 12.2 Å². The van der Waals surface area contributed by atoms with E-state index in [1.165, 1.54) is 0 Å². The number of para-hydroxylation sites is 1. The lowest BCUT2D eigenvalue weighted by molar-refractivity contribution is 0.146. The van der Waals surface area contributed by atoms with E-state index in [2.05, 4.69) is 10.4 Å². The molecule has 0 saturated heterocycles. The molecular weight excluding hydrogens is 323 g/mol. The van der Waals surface area contributed by atoms with E-state index >= 15 is 0 Å². The predicted molar refractivity (Wildman–Crippen MR) is 99.8 cm³/mol. The first-order valence-corrected chi connectivity index (χ1v) is 9.58. The fourth-order valence-electron chi connectivity index (χ4n) is 2.11. The summed E-state index contributed by atoms with van der Waals surface area (Å²) in [6.45, 7) is 7.30. The van der Waals surface area contributed by atoms with Crippen LogP contribution in [0.5, 0.6) is 0 Å². The van der Waals surface area contributed by atoms with E-state index in [0.717, 1.165) is 11.4 Å². The molecule has 2 aromatic rings. The van der Waals surface area contributed by atoms with Gasteiger partial charge in [0.1, 0.15) is 0 Å². The summed E-state index contributed by atoms with van der Waals surface area (Å²) in [6, 6.07) is 17.4. The summed E-state index contributed by atoms with van der Waals surface area (Å²) in [5.74, 6) is 0. The fourth-order valence-corrected chi connectivity index (χ4v) is 3.84. The Labute approximate surface area is 144 Å². The summed E-state index contributed by atoms with van der Waals surface area (Å²) in [5, 5.41) is 6.19. The molecule has 0 aliphatic carbocycles. The molecule has 0 aromatic heterocycles. The molecule has 5 nitrogen and oxygen atoms in total. The van der Waals surface area contributed by atoms with Crippen LogP contribution in [-0.2, 0) is 13.6 Å². The van der Waals surface area contributed by atoms with Crippen LogP contribution in [0, 0.1) is 0 Å². The first-order valence-electron chi connectivity index (χ1n) is 8.03. The van der Waals surface area contributed by atoms with Gasteiger partial charge in [0.15, 0.2) is 0 Å². The maximum Gasteiger partial charge on any atom is 0.433 e. The summed E-state index contributed by atoms with van der Waals surface area (Å²) >= 11 is 0. The van der Waals surface area contributed by atoms with Gasteiger partial charge in [-0.2, -0.15) is 0 Å². The molecule has 0 fully saturated rings. The summed E-state index contributed by atoms with van der Waals surface area (Å²) in [6.07, 6.45) is -0.415. The van der Waals surface area contributed by atoms with E-state index in [1.807, 2.05) is 82.3 Å². The lowest BCUT2D eigenvalue weighted by atomic mass is 10.2. The Morgan fingerprint density at radius 3 is 1.71 bits per heavy atom. The van der Waals surface area contributed by atoms with Crippen molar-refractivity contribution in [1.29, 1.82) is 0 Å². The normalized spacial score (nSPS) is 11.8. The Balaban J connectivity index is 2.07. The molecule has 0 atom stereocenters. The zero-order valence-electron chi connectivity index (χ0n) is 14.5. The molecule has 2 rings (SSSR count). The molecule has 0 heterocycles. The first-order chi connectivity index (χ1) is 11.4. The molecular formula is C18H25N2O3P. The molecule has 2 aromatic carbocycles. The molecule has 0 spiro atoms. The maximum atomic E-state index is 12.8. The number of hydrogen-bond acceptors (Lipinski definition) is 4. The van der Waals surface area contributed by atoms with Gasteiger partial charge in [0.25, 0.3) is 0 Å². The topological polar surface area (TPSA) is 59.6 Å². The Hall–Kier alpha value is -1.81. The van der Waals surface area contributed by atoms with Crippen LogP contribution in [0.2, 0.25) is 0 Å². The van der Waals surface area contributed by atoms with Gasteiger partial charge in [-0.05, 0) is 64.1 Å². The van der Waals surface area contributed by atoms with Gasteiger partial charge in [-0.1, -0.05) is 18.2 Å². The van der Waals surface area contributed by atoms with Gasteiger partial charge in [0.05, 0.1) is 12.2 Å². The van der Waals surface area contributed by atoms with Crippen molar-refractivity contribution in [1.82, 2.24) is 0 Å². The lowest BCUT2D eigenvalue weighted by Gasteiger charge is -2.23. The van der Waals surface area contributed by atoms with Crippen LogP contribution in [0.1, 0.15) is 27.7 Å². The second kappa shape index (κ2) is 8.34. The molecule has 0 radical (unpaired) electrons. The Morgan fingerprint density at radius 1 is 0.750 bits per heavy atom. The molecule has 6 heteroatoms. The second-order valence-electron chi connectivity index (χ2n) is 5.99. The Morgan fingerprint density at radius 2 is 1.21 bits per heavy atom. The third kappa shape index (κ3) is 6.00. The Bertz CT molecular complexity index is 658. The van der Waals surface area contributed by atoms with E-state index < -0.39 is 7.75 Å². The van der Waals surface area contributed by atoms with Crippen LogP contribution in [0.4, 0.5) is 17.1 Å². The highest BCUT2D eigenvalue weighted by Crippen LogP contribution is 2.50. The van der Waals surface area contributed by atoms with Crippen LogP contribution in [0.25, 0.3) is 0 Å². The third-order valence-electron chi connectivity index (χ3n) is 2.91. The number of benzene rings is 2. The zero-order valence-corrected chi connectivity index (χ0v) is 15.4. The van der Waals surface area contributed by atoms with Crippen LogP contribution in [0.3, 0.4) is 0 Å². The second-order valence-corrected chi connectivity index (χ2v) is 7.63. The monoisotopic (exact) mass is 348 g/mol. The quantitative estimate of drug-likeness (QED) is 0.590. The van der Waals surface area contributed by atoms with Gasteiger partial charge >= 0.3 is 7.75 Å². The van der Waals surface area contributed by atoms with Crippen molar-refractivity contribution in [2.24, 2.45) is 0 Å². The highest BCUT2D eigenvalue weighted by atomic mass is 31.2. The van der Waals surface area contributed by atoms with Crippen molar-refractivity contribution >= 4 is 24.8 Å². The van der Waals surface area contributed by atoms with Crippen molar-refractivity contribution < 1.29 is 13.6 Å². The molecule has 0 saturated carbocycles. The standard InChI is InChI=1S/C18H25N2O3P/c1-14(2)22-24(21,23-15(3)4)20-18-12-10-17(11-13-18)19-16-8-6-5-7-9-16/h5-15,19H,1-4H3,(H,20,21). The molecule has 0 unspecified atom stereocenters. The predicted octanol–water partition coefficient (Wildman–Crippen LogP) is 5.80. The van der Waals surface area contributed by atoms with Crippen molar-refractivity contribution in [3.8, 4) is 0 Å². The SMILES string of the molecule is CC(C)OP(=O)(Nc1ccc(Nc2ccccc2)cc1)OC(C)C. The van der Waals surface area contributed by atoms with Crippen LogP contribution in [-0.4, -0.2) is 12.2 Å². The minimum absolute atomic E-state index is 0.207. The minimum atomic E-state index is -3.41. The summed E-state index contributed by atoms with van der Waals surface area (Å²) in [4.78, 5) is 0. The largest absolute Gasteiger partial charge is 0.433 e. The van der Waals surface area contributed by atoms with Crippen molar-refractivity contribution in [3.05, 3.63) is 54.6 Å². The van der Waals surface area contributed by atoms with Gasteiger partial charge < -0.3 is 5.32 Å². The van der Waals surface area contributed by atoms with Crippen LogP contribution in [0.15, 0.2) is 54.6 Å². The zero-order chi connectivity index (χ0) is 17.6. The van der Waals surface area contributed by atoms with Gasteiger partial charge in [-0.15, -0.1) is 0 Å². The minimum Gasteiger partial charge on any atom is -0.356 e. The Kier molecular flexibility index (Phi) is 6.44. The molecule has 0 aliphatic rings. The average Bonchev–Trinajstić information content (AvgIpc) is 2.48. The van der Waals surface area contributed by atoms with E-state index in [4.69, 9.17) is 9.05 Å². The average molecular weight is 348 g/mol. The molecule has 0 aliphatic heterocycles. The van der Waals surface area contributed by atoms with Crippen molar-refractivity contribution in [2.45, 2.75) is 39.9 Å². The summed E-state index contributed by atoms with van der Waals surface area (Å²) in [7, 11) is -3.41. The highest BCUT2D eigenvalue weighted by molar-refractivity contribution is 7.55. The first kappa shape index (κ1) is 18.5. The fraction of sp³-hybridized carbons (Fsp3) is 0.333. The van der Waals surface area contributed by atoms with Gasteiger partial charge in [0, 0.05) is 17.1 Å². The molecule has 2 N–H and O–H groups in total. The van der Waals surface area contributed by atoms with Crippen molar-refractivity contribution in [3.63, 3.8) is 0 Å². The van der Waals surface area contributed by atoms with E-state index in [0.29, 0.717) is 5.69 Å².